The molecule has 35 heavy (non-hydrogen) atoms. The first kappa shape index (κ1) is 23.5. The third-order valence-electron chi connectivity index (χ3n) is 6.34. The number of aromatic nitrogens is 4. The van der Waals surface area contributed by atoms with Gasteiger partial charge in [0.1, 0.15) is 30.2 Å². The van der Waals surface area contributed by atoms with E-state index in [1.54, 1.807) is 25.6 Å². The molecule has 9 heteroatoms. The lowest BCUT2D eigenvalue weighted by Crippen LogP contribution is -2.35. The van der Waals surface area contributed by atoms with Gasteiger partial charge in [-0.05, 0) is 82.1 Å². The molecular formula is C26H31N6O2P. The second kappa shape index (κ2) is 9.44. The number of rotatable bonds is 6. The Morgan fingerprint density at radius 2 is 1.89 bits per heavy atom. The SMILES string of the molecule is Cc1cc(Nc2ncc3ccn(-c4cccc(P(C)(C)=O)n4)c3n2)ccc1OC1CCN(C)CC1. The minimum absolute atomic E-state index is 0.267. The van der Waals surface area contributed by atoms with Crippen molar-refractivity contribution in [3.8, 4) is 11.6 Å². The zero-order valence-electron chi connectivity index (χ0n) is 20.6. The van der Waals surface area contributed by atoms with Crippen LogP contribution in [-0.4, -0.2) is 64.0 Å². The Labute approximate surface area is 205 Å². The summed E-state index contributed by atoms with van der Waals surface area (Å²) in [7, 11) is -0.315. The summed E-state index contributed by atoms with van der Waals surface area (Å²) >= 11 is 0. The Morgan fingerprint density at radius 3 is 2.63 bits per heavy atom. The predicted octanol–water partition coefficient (Wildman–Crippen LogP) is 4.59. The number of aryl methyl sites for hydroxylation is 1. The number of pyridine rings is 1. The van der Waals surface area contributed by atoms with Gasteiger partial charge in [0, 0.05) is 36.6 Å². The van der Waals surface area contributed by atoms with Crippen LogP contribution < -0.4 is 15.5 Å². The Morgan fingerprint density at radius 1 is 1.09 bits per heavy atom. The zero-order chi connectivity index (χ0) is 24.6. The molecule has 182 valence electrons. The maximum absolute atomic E-state index is 12.5. The molecule has 3 aromatic heterocycles. The summed E-state index contributed by atoms with van der Waals surface area (Å²) in [6, 6.07) is 13.6. The number of ether oxygens (including phenoxy) is 1. The van der Waals surface area contributed by atoms with Crippen LogP contribution in [0, 0.1) is 6.92 Å². The maximum atomic E-state index is 12.5. The molecule has 0 unspecified atom stereocenters. The van der Waals surface area contributed by atoms with Gasteiger partial charge >= 0.3 is 0 Å². The van der Waals surface area contributed by atoms with Gasteiger partial charge in [-0.1, -0.05) is 6.07 Å². The summed E-state index contributed by atoms with van der Waals surface area (Å²) in [5.74, 6) is 2.09. The van der Waals surface area contributed by atoms with Gasteiger partial charge in [0.2, 0.25) is 5.95 Å². The number of anilines is 2. The number of fused-ring (bicyclic) bond motifs is 1. The van der Waals surface area contributed by atoms with Crippen LogP contribution in [0.1, 0.15) is 18.4 Å². The van der Waals surface area contributed by atoms with Gasteiger partial charge < -0.3 is 19.5 Å². The van der Waals surface area contributed by atoms with Gasteiger partial charge in [0.05, 0.1) is 0 Å². The Balaban J connectivity index is 1.37. The number of piperidine rings is 1. The van der Waals surface area contributed by atoms with Crippen LogP contribution in [-0.2, 0) is 4.57 Å². The summed E-state index contributed by atoms with van der Waals surface area (Å²) in [4.78, 5) is 16.2. The van der Waals surface area contributed by atoms with Crippen molar-refractivity contribution in [2.75, 3.05) is 38.8 Å². The fourth-order valence-corrected chi connectivity index (χ4v) is 5.07. The number of nitrogens with one attached hydrogen (secondary N) is 1. The van der Waals surface area contributed by atoms with Crippen molar-refractivity contribution in [1.29, 1.82) is 0 Å². The van der Waals surface area contributed by atoms with E-state index in [1.807, 2.05) is 41.1 Å². The Bertz CT molecular complexity index is 1400. The third-order valence-corrected chi connectivity index (χ3v) is 7.69. The topological polar surface area (TPSA) is 85.2 Å². The van der Waals surface area contributed by atoms with E-state index in [0.29, 0.717) is 17.2 Å². The molecule has 0 aliphatic carbocycles. The lowest BCUT2D eigenvalue weighted by atomic mass is 10.1. The molecule has 1 saturated heterocycles. The second-order valence-electron chi connectivity index (χ2n) is 9.59. The molecular weight excluding hydrogens is 459 g/mol. The fraction of sp³-hybridized carbons (Fsp3) is 0.346. The summed E-state index contributed by atoms with van der Waals surface area (Å²) in [5, 5.41) is 4.21. The van der Waals surface area contributed by atoms with E-state index in [4.69, 9.17) is 9.72 Å². The van der Waals surface area contributed by atoms with Crippen molar-refractivity contribution in [3.05, 3.63) is 60.4 Å². The predicted molar refractivity (Wildman–Crippen MR) is 141 cm³/mol. The molecule has 0 atom stereocenters. The molecule has 1 aliphatic heterocycles. The smallest absolute Gasteiger partial charge is 0.229 e. The van der Waals surface area contributed by atoms with E-state index >= 15 is 0 Å². The van der Waals surface area contributed by atoms with Gasteiger partial charge in [0.15, 0.2) is 5.65 Å². The lowest BCUT2D eigenvalue weighted by Gasteiger charge is -2.29. The molecule has 1 fully saturated rings. The first-order valence-corrected chi connectivity index (χ1v) is 14.5. The molecule has 5 rings (SSSR count). The van der Waals surface area contributed by atoms with Crippen LogP contribution in [0.4, 0.5) is 11.6 Å². The average Bonchev–Trinajstić information content (AvgIpc) is 3.25. The summed E-state index contributed by atoms with van der Waals surface area (Å²) in [6.07, 6.45) is 6.07. The highest BCUT2D eigenvalue weighted by Gasteiger charge is 2.19. The van der Waals surface area contributed by atoms with Crippen molar-refractivity contribution < 1.29 is 9.30 Å². The monoisotopic (exact) mass is 490 g/mol. The van der Waals surface area contributed by atoms with E-state index in [2.05, 4.69) is 40.2 Å². The molecule has 1 aliphatic rings. The first-order valence-electron chi connectivity index (χ1n) is 11.9. The summed E-state index contributed by atoms with van der Waals surface area (Å²) in [5.41, 5.74) is 3.30. The number of hydrogen-bond acceptors (Lipinski definition) is 7. The molecule has 1 aromatic carbocycles. The number of benzene rings is 1. The molecule has 0 amide bonds. The van der Waals surface area contributed by atoms with Crippen molar-refractivity contribution in [2.45, 2.75) is 25.9 Å². The van der Waals surface area contributed by atoms with Crippen molar-refractivity contribution in [2.24, 2.45) is 0 Å². The third kappa shape index (κ3) is 5.24. The molecule has 4 heterocycles. The van der Waals surface area contributed by atoms with Crippen molar-refractivity contribution in [3.63, 3.8) is 0 Å². The van der Waals surface area contributed by atoms with E-state index < -0.39 is 7.14 Å². The van der Waals surface area contributed by atoms with Crippen LogP contribution in [0.15, 0.2) is 54.9 Å². The number of hydrogen-bond donors (Lipinski definition) is 1. The van der Waals surface area contributed by atoms with Crippen LogP contribution in [0.3, 0.4) is 0 Å². The van der Waals surface area contributed by atoms with Gasteiger partial charge in [0.25, 0.3) is 0 Å². The van der Waals surface area contributed by atoms with Crippen LogP contribution in [0.5, 0.6) is 5.75 Å². The molecule has 4 aromatic rings. The highest BCUT2D eigenvalue weighted by atomic mass is 31.2. The van der Waals surface area contributed by atoms with Crippen molar-refractivity contribution in [1.82, 2.24) is 24.4 Å². The average molecular weight is 491 g/mol. The highest BCUT2D eigenvalue weighted by Crippen LogP contribution is 2.34. The Hall–Kier alpha value is -3.22. The summed E-state index contributed by atoms with van der Waals surface area (Å²) < 4.78 is 20.7. The minimum atomic E-state index is -2.47. The van der Waals surface area contributed by atoms with E-state index in [1.165, 1.54) is 0 Å². The van der Waals surface area contributed by atoms with Gasteiger partial charge in [-0.25, -0.2) is 9.97 Å². The van der Waals surface area contributed by atoms with Crippen LogP contribution in [0.25, 0.3) is 16.9 Å². The second-order valence-corrected chi connectivity index (χ2v) is 12.7. The van der Waals surface area contributed by atoms with E-state index in [-0.39, 0.29) is 6.10 Å². The number of likely N-dealkylation sites (tertiary alicyclic amines) is 1. The fourth-order valence-electron chi connectivity index (χ4n) is 4.28. The standard InChI is InChI=1S/C26H31N6O2P/c1-18-16-20(8-9-22(18)34-21-11-13-31(2)14-12-21)28-26-27-17-19-10-15-32(25(19)30-26)23-6-5-7-24(29-23)35(3,4)33/h5-10,15-17,21H,11-14H2,1-4H3,(H,27,28,30). The molecule has 0 bridgehead atoms. The zero-order valence-corrected chi connectivity index (χ0v) is 21.5. The lowest BCUT2D eigenvalue weighted by molar-refractivity contribution is 0.113. The van der Waals surface area contributed by atoms with E-state index in [0.717, 1.165) is 54.0 Å². The highest BCUT2D eigenvalue weighted by molar-refractivity contribution is 7.69. The molecule has 0 spiro atoms. The summed E-state index contributed by atoms with van der Waals surface area (Å²) in [6.45, 7) is 7.65. The molecule has 1 N–H and O–H groups in total. The quantitative estimate of drug-likeness (QED) is 0.396. The number of nitrogens with zero attached hydrogens (tertiary/aromatic N) is 5. The Kier molecular flexibility index (Phi) is 6.34. The van der Waals surface area contributed by atoms with Gasteiger partial charge in [-0.3, -0.25) is 4.57 Å². The van der Waals surface area contributed by atoms with Gasteiger partial charge in [-0.2, -0.15) is 4.98 Å². The molecule has 8 nitrogen and oxygen atoms in total. The first-order chi connectivity index (χ1) is 16.8. The largest absolute Gasteiger partial charge is 0.490 e. The van der Waals surface area contributed by atoms with Crippen molar-refractivity contribution >= 4 is 35.2 Å². The molecule has 0 radical (unpaired) electrons. The van der Waals surface area contributed by atoms with Crippen LogP contribution >= 0.6 is 7.14 Å². The van der Waals surface area contributed by atoms with Gasteiger partial charge in [-0.15, -0.1) is 0 Å². The molecule has 0 saturated carbocycles. The van der Waals surface area contributed by atoms with E-state index in [9.17, 15) is 4.57 Å². The minimum Gasteiger partial charge on any atom is -0.490 e. The maximum Gasteiger partial charge on any atom is 0.229 e. The van der Waals surface area contributed by atoms with Crippen LogP contribution in [0.2, 0.25) is 0 Å². The normalized spacial score (nSPS) is 15.4.